The summed E-state index contributed by atoms with van der Waals surface area (Å²) in [7, 11) is 0. The van der Waals surface area contributed by atoms with Gasteiger partial charge in [-0.1, -0.05) is 6.07 Å². The summed E-state index contributed by atoms with van der Waals surface area (Å²) >= 11 is 0. The summed E-state index contributed by atoms with van der Waals surface area (Å²) in [6.07, 6.45) is 5.64. The molecule has 1 saturated heterocycles. The molecule has 0 aromatic carbocycles. The molecule has 0 bridgehead atoms. The standard InChI is InChI=1S/C12H17N3O/c1-9-5-10(7-13-6-9)8-15-11-3-2-4-14-12(11)16/h5-7,11,15H,2-4,8H2,1H3,(H,14,16). The van der Waals surface area contributed by atoms with Gasteiger partial charge in [0.25, 0.3) is 0 Å². The van der Waals surface area contributed by atoms with Crippen molar-refractivity contribution in [3.05, 3.63) is 29.6 Å². The smallest absolute Gasteiger partial charge is 0.237 e. The molecular formula is C12H17N3O. The normalized spacial score (nSPS) is 20.6. The molecule has 4 nitrogen and oxygen atoms in total. The third kappa shape index (κ3) is 2.79. The van der Waals surface area contributed by atoms with Crippen LogP contribution < -0.4 is 10.6 Å². The highest BCUT2D eigenvalue weighted by molar-refractivity contribution is 5.82. The molecule has 0 aliphatic carbocycles. The molecule has 1 aliphatic heterocycles. The van der Waals surface area contributed by atoms with E-state index in [1.807, 2.05) is 19.3 Å². The Labute approximate surface area is 95.5 Å². The van der Waals surface area contributed by atoms with Gasteiger partial charge in [0.15, 0.2) is 0 Å². The molecule has 0 radical (unpaired) electrons. The number of hydrogen-bond donors (Lipinski definition) is 2. The van der Waals surface area contributed by atoms with Crippen molar-refractivity contribution < 1.29 is 4.79 Å². The summed E-state index contributed by atoms with van der Waals surface area (Å²) in [6, 6.07) is 2.04. The number of aromatic nitrogens is 1. The lowest BCUT2D eigenvalue weighted by Gasteiger charge is -2.22. The highest BCUT2D eigenvalue weighted by atomic mass is 16.2. The summed E-state index contributed by atoms with van der Waals surface area (Å²) in [5.74, 6) is 0.117. The number of nitrogens with one attached hydrogen (secondary N) is 2. The monoisotopic (exact) mass is 219 g/mol. The molecule has 1 unspecified atom stereocenters. The minimum atomic E-state index is -0.0470. The molecule has 2 heterocycles. The van der Waals surface area contributed by atoms with Gasteiger partial charge in [0.05, 0.1) is 6.04 Å². The van der Waals surface area contributed by atoms with Crippen LogP contribution in [0.5, 0.6) is 0 Å². The van der Waals surface area contributed by atoms with Crippen molar-refractivity contribution in [1.82, 2.24) is 15.6 Å². The van der Waals surface area contributed by atoms with Crippen LogP contribution in [-0.4, -0.2) is 23.5 Å². The Morgan fingerprint density at radius 1 is 1.56 bits per heavy atom. The van der Waals surface area contributed by atoms with E-state index in [9.17, 15) is 4.79 Å². The zero-order chi connectivity index (χ0) is 11.4. The van der Waals surface area contributed by atoms with Gasteiger partial charge in [0, 0.05) is 25.5 Å². The molecule has 0 spiro atoms. The number of carbonyl (C=O) groups is 1. The van der Waals surface area contributed by atoms with Gasteiger partial charge >= 0.3 is 0 Å². The summed E-state index contributed by atoms with van der Waals surface area (Å²) < 4.78 is 0. The van der Waals surface area contributed by atoms with Gasteiger partial charge in [-0.05, 0) is 30.9 Å². The van der Waals surface area contributed by atoms with E-state index in [0.717, 1.165) is 30.5 Å². The zero-order valence-electron chi connectivity index (χ0n) is 9.49. The fourth-order valence-corrected chi connectivity index (χ4v) is 1.92. The van der Waals surface area contributed by atoms with E-state index in [0.29, 0.717) is 6.54 Å². The molecule has 1 aliphatic rings. The Bertz CT molecular complexity index is 378. The Hall–Kier alpha value is -1.42. The second kappa shape index (κ2) is 5.07. The number of aryl methyl sites for hydroxylation is 1. The largest absolute Gasteiger partial charge is 0.355 e. The van der Waals surface area contributed by atoms with Gasteiger partial charge in [-0.2, -0.15) is 0 Å². The minimum Gasteiger partial charge on any atom is -0.355 e. The third-order valence-corrected chi connectivity index (χ3v) is 2.77. The highest BCUT2D eigenvalue weighted by Gasteiger charge is 2.20. The summed E-state index contributed by atoms with van der Waals surface area (Å²) in [4.78, 5) is 15.6. The van der Waals surface area contributed by atoms with Crippen LogP contribution in [0, 0.1) is 6.92 Å². The van der Waals surface area contributed by atoms with Crippen LogP contribution >= 0.6 is 0 Å². The van der Waals surface area contributed by atoms with E-state index in [1.54, 1.807) is 0 Å². The second-order valence-corrected chi connectivity index (χ2v) is 4.24. The van der Waals surface area contributed by atoms with Crippen LogP contribution in [0.25, 0.3) is 0 Å². The van der Waals surface area contributed by atoms with Gasteiger partial charge in [0.1, 0.15) is 0 Å². The number of nitrogens with zero attached hydrogens (tertiary/aromatic N) is 1. The maximum atomic E-state index is 11.5. The quantitative estimate of drug-likeness (QED) is 0.789. The first-order chi connectivity index (χ1) is 7.75. The van der Waals surface area contributed by atoms with Crippen LogP contribution in [0.15, 0.2) is 18.5 Å². The first kappa shape index (κ1) is 11.1. The third-order valence-electron chi connectivity index (χ3n) is 2.77. The van der Waals surface area contributed by atoms with Gasteiger partial charge in [-0.3, -0.25) is 9.78 Å². The number of hydrogen-bond acceptors (Lipinski definition) is 3. The summed E-state index contributed by atoms with van der Waals surface area (Å²) in [5, 5.41) is 6.13. The van der Waals surface area contributed by atoms with E-state index in [-0.39, 0.29) is 11.9 Å². The Morgan fingerprint density at radius 3 is 3.19 bits per heavy atom. The van der Waals surface area contributed by atoms with Crippen LogP contribution in [0.4, 0.5) is 0 Å². The van der Waals surface area contributed by atoms with E-state index in [1.165, 1.54) is 0 Å². The van der Waals surface area contributed by atoms with Crippen LogP contribution in [0.2, 0.25) is 0 Å². The molecule has 2 rings (SSSR count). The molecule has 2 N–H and O–H groups in total. The topological polar surface area (TPSA) is 54.0 Å². The van der Waals surface area contributed by atoms with E-state index in [2.05, 4.69) is 21.7 Å². The molecule has 86 valence electrons. The predicted molar refractivity (Wildman–Crippen MR) is 61.8 cm³/mol. The first-order valence-electron chi connectivity index (χ1n) is 5.67. The maximum Gasteiger partial charge on any atom is 0.237 e. The average molecular weight is 219 g/mol. The van der Waals surface area contributed by atoms with Crippen molar-refractivity contribution in [2.75, 3.05) is 6.54 Å². The molecule has 1 atom stereocenters. The van der Waals surface area contributed by atoms with Crippen molar-refractivity contribution in [3.63, 3.8) is 0 Å². The Kier molecular flexibility index (Phi) is 3.51. The SMILES string of the molecule is Cc1cncc(CNC2CCCNC2=O)c1. The molecule has 4 heteroatoms. The van der Waals surface area contributed by atoms with Crippen LogP contribution in [-0.2, 0) is 11.3 Å². The Morgan fingerprint density at radius 2 is 2.44 bits per heavy atom. The number of amides is 1. The lowest BCUT2D eigenvalue weighted by molar-refractivity contribution is -0.124. The number of piperidine rings is 1. The first-order valence-corrected chi connectivity index (χ1v) is 5.67. The van der Waals surface area contributed by atoms with E-state index < -0.39 is 0 Å². The maximum absolute atomic E-state index is 11.5. The molecule has 16 heavy (non-hydrogen) atoms. The van der Waals surface area contributed by atoms with Crippen molar-refractivity contribution in [3.8, 4) is 0 Å². The fourth-order valence-electron chi connectivity index (χ4n) is 1.92. The van der Waals surface area contributed by atoms with Crippen molar-refractivity contribution in [2.45, 2.75) is 32.4 Å². The number of pyridine rings is 1. The van der Waals surface area contributed by atoms with Gasteiger partial charge in [0.2, 0.25) is 5.91 Å². The van der Waals surface area contributed by atoms with Crippen molar-refractivity contribution in [1.29, 1.82) is 0 Å². The molecule has 0 saturated carbocycles. The lowest BCUT2D eigenvalue weighted by Crippen LogP contribution is -2.47. The van der Waals surface area contributed by atoms with E-state index in [4.69, 9.17) is 0 Å². The van der Waals surface area contributed by atoms with Gasteiger partial charge < -0.3 is 10.6 Å². The summed E-state index contributed by atoms with van der Waals surface area (Å²) in [5.41, 5.74) is 2.27. The number of rotatable bonds is 3. The highest BCUT2D eigenvalue weighted by Crippen LogP contribution is 2.05. The molecule has 1 fully saturated rings. The zero-order valence-corrected chi connectivity index (χ0v) is 9.49. The molecule has 1 aromatic rings. The fraction of sp³-hybridized carbons (Fsp3) is 0.500. The predicted octanol–water partition coefficient (Wildman–Crippen LogP) is 0.758. The van der Waals surface area contributed by atoms with E-state index >= 15 is 0 Å². The van der Waals surface area contributed by atoms with Crippen LogP contribution in [0.3, 0.4) is 0 Å². The minimum absolute atomic E-state index is 0.0470. The summed E-state index contributed by atoms with van der Waals surface area (Å²) in [6.45, 7) is 3.53. The van der Waals surface area contributed by atoms with Crippen molar-refractivity contribution in [2.24, 2.45) is 0 Å². The van der Waals surface area contributed by atoms with Crippen molar-refractivity contribution >= 4 is 5.91 Å². The molecular weight excluding hydrogens is 202 g/mol. The van der Waals surface area contributed by atoms with Gasteiger partial charge in [-0.15, -0.1) is 0 Å². The number of carbonyl (C=O) groups excluding carboxylic acids is 1. The Balaban J connectivity index is 1.89. The second-order valence-electron chi connectivity index (χ2n) is 4.24. The van der Waals surface area contributed by atoms with Crippen LogP contribution in [0.1, 0.15) is 24.0 Å². The molecule has 1 aromatic heterocycles. The average Bonchev–Trinajstić information content (AvgIpc) is 2.28. The molecule has 1 amide bonds. The lowest BCUT2D eigenvalue weighted by atomic mass is 10.1. The van der Waals surface area contributed by atoms with Gasteiger partial charge in [-0.25, -0.2) is 0 Å².